The van der Waals surface area contributed by atoms with E-state index in [1.165, 1.54) is 19.3 Å². The van der Waals surface area contributed by atoms with Gasteiger partial charge in [0.1, 0.15) is 5.66 Å². The van der Waals surface area contributed by atoms with Crippen LogP contribution in [-0.4, -0.2) is 23.5 Å². The van der Waals surface area contributed by atoms with Gasteiger partial charge in [-0.3, -0.25) is 9.59 Å². The van der Waals surface area contributed by atoms with Crippen molar-refractivity contribution in [1.29, 1.82) is 0 Å². The summed E-state index contributed by atoms with van der Waals surface area (Å²) in [6.45, 7) is 2.27. The van der Waals surface area contributed by atoms with Crippen LogP contribution in [0, 0.1) is 23.7 Å². The number of amides is 2. The Morgan fingerprint density at radius 2 is 1.93 bits per heavy atom. The lowest BCUT2D eigenvalue weighted by Gasteiger charge is -2.56. The summed E-state index contributed by atoms with van der Waals surface area (Å²) in [6.07, 6.45) is 8.73. The van der Waals surface area contributed by atoms with E-state index in [0.29, 0.717) is 23.8 Å². The van der Waals surface area contributed by atoms with Gasteiger partial charge < -0.3 is 16.0 Å². The van der Waals surface area contributed by atoms with E-state index in [1.807, 2.05) is 24.3 Å². The lowest BCUT2D eigenvalue weighted by Crippen LogP contribution is -2.68. The molecule has 1 aliphatic heterocycles. The molecule has 4 saturated carbocycles. The molecule has 6 rings (SSSR count). The number of anilines is 1. The monoisotopic (exact) mass is 381 g/mol. The first-order valence-corrected chi connectivity index (χ1v) is 11.1. The molecule has 4 fully saturated rings. The SMILES string of the molecule is C[C@H]1CCCC[C@H]1NC(=O)[C@@H]1C[C@@H]2CC[C@@H]1C[C@@]21NC(=O)c2ccccc2N1. The normalized spacial score (nSPS) is 39.0. The molecule has 1 spiro atoms. The topological polar surface area (TPSA) is 70.2 Å². The van der Waals surface area contributed by atoms with E-state index in [0.717, 1.165) is 43.4 Å². The smallest absolute Gasteiger partial charge is 0.255 e. The molecular formula is C23H31N3O2. The van der Waals surface area contributed by atoms with E-state index in [2.05, 4.69) is 22.9 Å². The van der Waals surface area contributed by atoms with Gasteiger partial charge >= 0.3 is 0 Å². The van der Waals surface area contributed by atoms with Crippen LogP contribution in [0.4, 0.5) is 5.69 Å². The summed E-state index contributed by atoms with van der Waals surface area (Å²) < 4.78 is 0. The molecule has 1 aromatic carbocycles. The summed E-state index contributed by atoms with van der Waals surface area (Å²) in [4.78, 5) is 25.8. The average molecular weight is 382 g/mol. The van der Waals surface area contributed by atoms with E-state index in [9.17, 15) is 9.59 Å². The van der Waals surface area contributed by atoms with Gasteiger partial charge in [0.2, 0.25) is 5.91 Å². The van der Waals surface area contributed by atoms with Crippen molar-refractivity contribution in [2.24, 2.45) is 23.7 Å². The molecule has 0 aromatic heterocycles. The van der Waals surface area contributed by atoms with Crippen LogP contribution in [-0.2, 0) is 4.79 Å². The molecule has 4 aliphatic carbocycles. The third-order valence-corrected chi connectivity index (χ3v) is 7.92. The van der Waals surface area contributed by atoms with Gasteiger partial charge in [-0.05, 0) is 62.5 Å². The van der Waals surface area contributed by atoms with Crippen LogP contribution in [0.1, 0.15) is 68.6 Å². The third kappa shape index (κ3) is 2.90. The van der Waals surface area contributed by atoms with E-state index < -0.39 is 0 Å². The number of carbonyl (C=O) groups excluding carboxylic acids is 2. The number of benzene rings is 1. The molecular weight excluding hydrogens is 350 g/mol. The molecule has 1 aromatic rings. The van der Waals surface area contributed by atoms with Crippen LogP contribution in [0.5, 0.6) is 0 Å². The van der Waals surface area contributed by atoms with Crippen molar-refractivity contribution in [3.8, 4) is 0 Å². The highest BCUT2D eigenvalue weighted by Gasteiger charge is 2.55. The van der Waals surface area contributed by atoms with Crippen LogP contribution < -0.4 is 16.0 Å². The molecule has 5 nitrogen and oxygen atoms in total. The maximum Gasteiger partial charge on any atom is 0.255 e. The van der Waals surface area contributed by atoms with E-state index in [-0.39, 0.29) is 23.4 Å². The number of nitrogens with one attached hydrogen (secondary N) is 3. The van der Waals surface area contributed by atoms with Crippen molar-refractivity contribution in [2.45, 2.75) is 70.0 Å². The predicted molar refractivity (Wildman–Crippen MR) is 109 cm³/mol. The summed E-state index contributed by atoms with van der Waals surface area (Å²) in [5.74, 6) is 1.58. The van der Waals surface area contributed by atoms with Gasteiger partial charge in [0.25, 0.3) is 5.91 Å². The Morgan fingerprint density at radius 3 is 2.71 bits per heavy atom. The number of rotatable bonds is 2. The van der Waals surface area contributed by atoms with Gasteiger partial charge in [0, 0.05) is 23.6 Å². The van der Waals surface area contributed by atoms with Crippen molar-refractivity contribution < 1.29 is 9.59 Å². The summed E-state index contributed by atoms with van der Waals surface area (Å²) in [7, 11) is 0. The van der Waals surface area contributed by atoms with Crippen molar-refractivity contribution in [1.82, 2.24) is 10.6 Å². The number of para-hydroxylation sites is 1. The summed E-state index contributed by atoms with van der Waals surface area (Å²) in [6, 6.07) is 8.08. The number of fused-ring (bicyclic) bond motifs is 3. The lowest BCUT2D eigenvalue weighted by molar-refractivity contribution is -0.133. The van der Waals surface area contributed by atoms with Crippen molar-refractivity contribution in [3.63, 3.8) is 0 Å². The van der Waals surface area contributed by atoms with Gasteiger partial charge in [-0.25, -0.2) is 0 Å². The van der Waals surface area contributed by atoms with Gasteiger partial charge in [-0.2, -0.15) is 0 Å². The quantitative estimate of drug-likeness (QED) is 0.732. The molecule has 0 radical (unpaired) electrons. The van der Waals surface area contributed by atoms with E-state index in [1.54, 1.807) is 0 Å². The van der Waals surface area contributed by atoms with E-state index in [4.69, 9.17) is 0 Å². The Morgan fingerprint density at radius 1 is 1.11 bits per heavy atom. The highest BCUT2D eigenvalue weighted by Crippen LogP contribution is 2.51. The standard InChI is InChI=1S/C23H31N3O2/c1-14-6-2-4-8-19(14)24-21(27)18-12-16-11-10-15(18)13-23(16)25-20-9-5-3-7-17(20)22(28)26-23/h3,5,7,9,14-16,18-19,25H,2,4,6,8,10-13H2,1H3,(H,24,27)(H,26,28)/t14-,15+,16-,18+,19+,23+/m0/s1. The molecule has 5 aliphatic rings. The first kappa shape index (κ1) is 18.0. The highest BCUT2D eigenvalue weighted by molar-refractivity contribution is 6.02. The largest absolute Gasteiger partial charge is 0.362 e. The van der Waals surface area contributed by atoms with Crippen LogP contribution in [0.3, 0.4) is 0 Å². The minimum Gasteiger partial charge on any atom is -0.362 e. The third-order valence-electron chi connectivity index (χ3n) is 7.92. The molecule has 0 saturated heterocycles. The van der Waals surface area contributed by atoms with Crippen molar-refractivity contribution in [3.05, 3.63) is 29.8 Å². The first-order valence-electron chi connectivity index (χ1n) is 11.1. The fourth-order valence-corrected chi connectivity index (χ4v) is 6.28. The summed E-state index contributed by atoms with van der Waals surface area (Å²) >= 11 is 0. The summed E-state index contributed by atoms with van der Waals surface area (Å²) in [5.41, 5.74) is 1.26. The minimum absolute atomic E-state index is 0.0129. The molecule has 2 bridgehead atoms. The van der Waals surface area contributed by atoms with Gasteiger partial charge in [-0.15, -0.1) is 0 Å². The zero-order chi connectivity index (χ0) is 19.3. The maximum atomic E-state index is 13.1. The molecule has 150 valence electrons. The van der Waals surface area contributed by atoms with Crippen LogP contribution in [0.15, 0.2) is 24.3 Å². The van der Waals surface area contributed by atoms with Gasteiger partial charge in [-0.1, -0.05) is 31.9 Å². The molecule has 0 unspecified atom stereocenters. The number of hydrogen-bond donors (Lipinski definition) is 3. The molecule has 28 heavy (non-hydrogen) atoms. The van der Waals surface area contributed by atoms with Crippen LogP contribution >= 0.6 is 0 Å². The second-order valence-electron chi connectivity index (χ2n) is 9.55. The van der Waals surface area contributed by atoms with Crippen molar-refractivity contribution in [2.75, 3.05) is 5.32 Å². The zero-order valence-electron chi connectivity index (χ0n) is 16.7. The Bertz CT molecular complexity index is 794. The molecule has 6 atom stereocenters. The van der Waals surface area contributed by atoms with Gasteiger partial charge in [0.15, 0.2) is 0 Å². The van der Waals surface area contributed by atoms with Gasteiger partial charge in [0.05, 0.1) is 5.56 Å². The highest BCUT2D eigenvalue weighted by atomic mass is 16.2. The molecule has 2 amide bonds. The lowest BCUT2D eigenvalue weighted by atomic mass is 9.58. The average Bonchev–Trinajstić information content (AvgIpc) is 2.70. The number of hydrogen-bond acceptors (Lipinski definition) is 3. The fraction of sp³-hybridized carbons (Fsp3) is 0.652. The van der Waals surface area contributed by atoms with E-state index >= 15 is 0 Å². The Kier molecular flexibility index (Phi) is 4.37. The minimum atomic E-state index is -0.386. The predicted octanol–water partition coefficient (Wildman–Crippen LogP) is 3.67. The zero-order valence-corrected chi connectivity index (χ0v) is 16.7. The molecule has 5 heteroatoms. The maximum absolute atomic E-state index is 13.1. The Hall–Kier alpha value is -2.04. The molecule has 3 N–H and O–H groups in total. The second-order valence-corrected chi connectivity index (χ2v) is 9.55. The Balaban J connectivity index is 1.32. The summed E-state index contributed by atoms with van der Waals surface area (Å²) in [5, 5.41) is 10.3. The molecule has 1 heterocycles. The fourth-order valence-electron chi connectivity index (χ4n) is 6.28. The van der Waals surface area contributed by atoms with Crippen LogP contribution in [0.25, 0.3) is 0 Å². The second kappa shape index (κ2) is 6.78. The Labute approximate surface area is 167 Å². The first-order chi connectivity index (χ1) is 13.6. The number of carbonyl (C=O) groups is 2. The van der Waals surface area contributed by atoms with Crippen LogP contribution in [0.2, 0.25) is 0 Å². The van der Waals surface area contributed by atoms with Crippen molar-refractivity contribution >= 4 is 17.5 Å².